The summed E-state index contributed by atoms with van der Waals surface area (Å²) >= 11 is 13.2. The fourth-order valence-corrected chi connectivity index (χ4v) is 4.22. The molecule has 0 bridgehead atoms. The first-order valence-corrected chi connectivity index (χ1v) is 12.6. The smallest absolute Gasteiger partial charge is 0.258 e. The highest BCUT2D eigenvalue weighted by Crippen LogP contribution is 2.28. The SMILES string of the molecule is Cc1ccc(C(C)C)c(OCC(=O)NCc2nnc(SCC(=O)Nc3cc(Cl)ccc3Cl)n2C)c1. The molecule has 0 radical (unpaired) electrons. The van der Waals surface area contributed by atoms with Gasteiger partial charge in [0.2, 0.25) is 5.91 Å². The third-order valence-corrected chi connectivity index (χ3v) is 6.64. The fourth-order valence-electron chi connectivity index (χ4n) is 3.15. The Hall–Kier alpha value is -2.75. The maximum atomic E-state index is 12.3. The van der Waals surface area contributed by atoms with Crippen LogP contribution in [0.1, 0.15) is 36.7 Å². The topological polar surface area (TPSA) is 98.1 Å². The normalized spacial score (nSPS) is 10.9. The van der Waals surface area contributed by atoms with Gasteiger partial charge in [-0.2, -0.15) is 0 Å². The molecule has 0 aliphatic rings. The summed E-state index contributed by atoms with van der Waals surface area (Å²) in [4.78, 5) is 24.6. The average molecular weight is 536 g/mol. The van der Waals surface area contributed by atoms with Crippen LogP contribution in [-0.4, -0.2) is 38.9 Å². The maximum absolute atomic E-state index is 12.3. The van der Waals surface area contributed by atoms with Crippen molar-refractivity contribution < 1.29 is 14.3 Å². The van der Waals surface area contributed by atoms with E-state index in [9.17, 15) is 9.59 Å². The van der Waals surface area contributed by atoms with Crippen molar-refractivity contribution in [3.8, 4) is 5.75 Å². The molecule has 0 saturated heterocycles. The molecule has 0 aliphatic heterocycles. The molecule has 3 aromatic rings. The van der Waals surface area contributed by atoms with E-state index >= 15 is 0 Å². The number of hydrogen-bond acceptors (Lipinski definition) is 6. The molecule has 2 N–H and O–H groups in total. The minimum absolute atomic E-state index is 0.101. The molecule has 0 saturated carbocycles. The molecular formula is C24H27Cl2N5O3S. The molecule has 1 heterocycles. The third kappa shape index (κ3) is 7.62. The van der Waals surface area contributed by atoms with Crippen molar-refractivity contribution in [3.63, 3.8) is 0 Å². The predicted octanol–water partition coefficient (Wildman–Crippen LogP) is 4.98. The lowest BCUT2D eigenvalue weighted by molar-refractivity contribution is -0.123. The van der Waals surface area contributed by atoms with Crippen molar-refractivity contribution in [3.05, 3.63) is 63.4 Å². The van der Waals surface area contributed by atoms with Crippen LogP contribution >= 0.6 is 35.0 Å². The van der Waals surface area contributed by atoms with Crippen LogP contribution in [0.15, 0.2) is 41.6 Å². The summed E-state index contributed by atoms with van der Waals surface area (Å²) in [5.41, 5.74) is 2.57. The second-order valence-corrected chi connectivity index (χ2v) is 9.97. The first kappa shape index (κ1) is 26.8. The molecule has 2 amide bonds. The van der Waals surface area contributed by atoms with Gasteiger partial charge >= 0.3 is 0 Å². The van der Waals surface area contributed by atoms with Gasteiger partial charge in [0.1, 0.15) is 5.75 Å². The quantitative estimate of drug-likeness (QED) is 0.355. The summed E-state index contributed by atoms with van der Waals surface area (Å²) in [5, 5.41) is 15.1. The Morgan fingerprint density at radius 1 is 1.11 bits per heavy atom. The number of thioether (sulfide) groups is 1. The van der Waals surface area contributed by atoms with Crippen LogP contribution in [-0.2, 0) is 23.2 Å². The number of anilines is 1. The Kier molecular flexibility index (Phi) is 9.42. The van der Waals surface area contributed by atoms with E-state index in [0.717, 1.165) is 11.1 Å². The fraction of sp³-hybridized carbons (Fsp3) is 0.333. The minimum Gasteiger partial charge on any atom is -0.483 e. The van der Waals surface area contributed by atoms with E-state index in [1.54, 1.807) is 29.8 Å². The van der Waals surface area contributed by atoms with Gasteiger partial charge < -0.3 is 19.9 Å². The zero-order valence-electron chi connectivity index (χ0n) is 19.9. The third-order valence-electron chi connectivity index (χ3n) is 5.05. The van der Waals surface area contributed by atoms with Crippen molar-refractivity contribution in [1.82, 2.24) is 20.1 Å². The van der Waals surface area contributed by atoms with Crippen molar-refractivity contribution in [2.24, 2.45) is 7.05 Å². The molecule has 8 nitrogen and oxygen atoms in total. The maximum Gasteiger partial charge on any atom is 0.258 e. The minimum atomic E-state index is -0.267. The Morgan fingerprint density at radius 2 is 1.89 bits per heavy atom. The number of hydrogen-bond donors (Lipinski definition) is 2. The molecule has 11 heteroatoms. The van der Waals surface area contributed by atoms with Gasteiger partial charge in [0.25, 0.3) is 5.91 Å². The molecule has 0 atom stereocenters. The number of aryl methyl sites for hydroxylation is 1. The van der Waals surface area contributed by atoms with Crippen molar-refractivity contribution in [2.75, 3.05) is 17.7 Å². The van der Waals surface area contributed by atoms with Crippen molar-refractivity contribution in [2.45, 2.75) is 38.4 Å². The summed E-state index contributed by atoms with van der Waals surface area (Å²) in [6.07, 6.45) is 0. The summed E-state index contributed by atoms with van der Waals surface area (Å²) in [7, 11) is 1.77. The largest absolute Gasteiger partial charge is 0.483 e. The van der Waals surface area contributed by atoms with E-state index in [4.69, 9.17) is 27.9 Å². The van der Waals surface area contributed by atoms with Crippen LogP contribution in [0.3, 0.4) is 0 Å². The zero-order chi connectivity index (χ0) is 25.5. The van der Waals surface area contributed by atoms with Gasteiger partial charge in [-0.15, -0.1) is 10.2 Å². The summed E-state index contributed by atoms with van der Waals surface area (Å²) in [6, 6.07) is 10.8. The van der Waals surface area contributed by atoms with Crippen LogP contribution < -0.4 is 15.4 Å². The molecular weight excluding hydrogens is 509 g/mol. The number of carbonyl (C=O) groups is 2. The number of rotatable bonds is 10. The van der Waals surface area contributed by atoms with E-state index in [0.29, 0.717) is 32.5 Å². The molecule has 0 fully saturated rings. The summed E-state index contributed by atoms with van der Waals surface area (Å²) < 4.78 is 7.50. The van der Waals surface area contributed by atoms with Gasteiger partial charge in [-0.1, -0.05) is 60.9 Å². The lowest BCUT2D eigenvalue weighted by atomic mass is 10.0. The molecule has 0 aliphatic carbocycles. The van der Waals surface area contributed by atoms with Crippen LogP contribution in [0.4, 0.5) is 5.69 Å². The standard InChI is InChI=1S/C24H27Cl2N5O3S/c1-14(2)17-7-5-15(3)9-20(17)34-12-22(32)27-11-21-29-30-24(31(21)4)35-13-23(33)28-19-10-16(25)6-8-18(19)26/h5-10,14H,11-13H2,1-4H3,(H,27,32)(H,28,33). The van der Waals surface area contributed by atoms with Crippen LogP contribution in [0.2, 0.25) is 10.0 Å². The van der Waals surface area contributed by atoms with Crippen molar-refractivity contribution in [1.29, 1.82) is 0 Å². The van der Waals surface area contributed by atoms with Crippen LogP contribution in [0.5, 0.6) is 5.75 Å². The lowest BCUT2D eigenvalue weighted by Crippen LogP contribution is -2.29. The molecule has 0 unspecified atom stereocenters. The van der Waals surface area contributed by atoms with Crippen LogP contribution in [0.25, 0.3) is 0 Å². The first-order chi connectivity index (χ1) is 16.6. The van der Waals surface area contributed by atoms with E-state index in [1.165, 1.54) is 11.8 Å². The summed E-state index contributed by atoms with van der Waals surface area (Å²) in [6.45, 7) is 6.22. The number of ether oxygens (including phenoxy) is 1. The molecule has 186 valence electrons. The van der Waals surface area contributed by atoms with Gasteiger partial charge in [-0.3, -0.25) is 9.59 Å². The van der Waals surface area contributed by atoms with E-state index in [-0.39, 0.29) is 36.6 Å². The highest BCUT2D eigenvalue weighted by atomic mass is 35.5. The van der Waals surface area contributed by atoms with Gasteiger partial charge in [0, 0.05) is 12.1 Å². The van der Waals surface area contributed by atoms with Gasteiger partial charge in [0.05, 0.1) is 23.0 Å². The monoisotopic (exact) mass is 535 g/mol. The number of amides is 2. The second-order valence-electron chi connectivity index (χ2n) is 8.18. The first-order valence-electron chi connectivity index (χ1n) is 10.9. The number of aromatic nitrogens is 3. The van der Waals surface area contributed by atoms with E-state index < -0.39 is 0 Å². The number of halogens is 2. The molecule has 3 rings (SSSR count). The average Bonchev–Trinajstić information content (AvgIpc) is 3.16. The zero-order valence-corrected chi connectivity index (χ0v) is 22.2. The molecule has 1 aromatic heterocycles. The Bertz CT molecular complexity index is 1220. The van der Waals surface area contributed by atoms with E-state index in [2.05, 4.69) is 34.7 Å². The number of benzene rings is 2. The predicted molar refractivity (Wildman–Crippen MR) is 139 cm³/mol. The van der Waals surface area contributed by atoms with E-state index in [1.807, 2.05) is 25.1 Å². The summed E-state index contributed by atoms with van der Waals surface area (Å²) in [5.74, 6) is 1.13. The lowest BCUT2D eigenvalue weighted by Gasteiger charge is -2.14. The number of nitrogens with zero attached hydrogens (tertiary/aromatic N) is 3. The molecule has 35 heavy (non-hydrogen) atoms. The number of carbonyl (C=O) groups excluding carboxylic acids is 2. The highest BCUT2D eigenvalue weighted by molar-refractivity contribution is 7.99. The van der Waals surface area contributed by atoms with Crippen molar-refractivity contribution >= 4 is 52.5 Å². The highest BCUT2D eigenvalue weighted by Gasteiger charge is 2.15. The van der Waals surface area contributed by atoms with Gasteiger partial charge in [0.15, 0.2) is 17.6 Å². The van der Waals surface area contributed by atoms with Gasteiger partial charge in [-0.25, -0.2) is 0 Å². The Balaban J connectivity index is 1.48. The number of nitrogens with one attached hydrogen (secondary N) is 2. The second kappa shape index (κ2) is 12.3. The Morgan fingerprint density at radius 3 is 2.63 bits per heavy atom. The molecule has 0 spiro atoms. The Labute approximate surface area is 218 Å². The van der Waals surface area contributed by atoms with Crippen LogP contribution in [0, 0.1) is 6.92 Å². The van der Waals surface area contributed by atoms with Gasteiger partial charge in [-0.05, 0) is 48.2 Å². The molecule has 2 aromatic carbocycles.